The second-order valence-electron chi connectivity index (χ2n) is 10.3. The molecule has 6 aromatic carbocycles. The molecular formula is C37H23FN2OS. The summed E-state index contributed by atoms with van der Waals surface area (Å²) in [6.45, 7) is 0. The molecule has 0 bridgehead atoms. The van der Waals surface area contributed by atoms with Gasteiger partial charge in [0, 0.05) is 43.1 Å². The summed E-state index contributed by atoms with van der Waals surface area (Å²) in [7, 11) is 0. The van der Waals surface area contributed by atoms with Crippen molar-refractivity contribution in [1.29, 1.82) is 0 Å². The summed E-state index contributed by atoms with van der Waals surface area (Å²) in [6, 6.07) is 45.1. The highest BCUT2D eigenvalue weighted by Crippen LogP contribution is 2.51. The van der Waals surface area contributed by atoms with Crippen LogP contribution in [0.5, 0.6) is 0 Å². The molecule has 0 saturated carbocycles. The molecule has 0 spiro atoms. The molecule has 7 aromatic rings. The Morgan fingerprint density at radius 1 is 0.548 bits per heavy atom. The number of nitrogens with zero attached hydrogens (tertiary/aromatic N) is 2. The molecule has 8 rings (SSSR count). The fourth-order valence-corrected chi connectivity index (χ4v) is 6.95. The van der Waals surface area contributed by atoms with E-state index in [2.05, 4.69) is 64.1 Å². The van der Waals surface area contributed by atoms with Crippen LogP contribution in [-0.4, -0.2) is 10.4 Å². The van der Waals surface area contributed by atoms with Crippen LogP contribution in [0.2, 0.25) is 0 Å². The number of aromatic nitrogens is 1. The van der Waals surface area contributed by atoms with E-state index in [1.165, 1.54) is 21.9 Å². The first kappa shape index (κ1) is 24.6. The summed E-state index contributed by atoms with van der Waals surface area (Å²) >= 11 is 1.77. The maximum absolute atomic E-state index is 13.8. The standard InChI is InChI=1S/C37H23FN2OS/c38-26-16-20-28(21-17-26)39-31-8-2-1-7-29(31)30-23-25(15-22-32(30)39)37(41)24-13-18-27(19-14-24)40-33-9-3-5-11-35(33)42-36-12-6-4-10-34(36)40/h1-23H. The number of hydrogen-bond donors (Lipinski definition) is 0. The van der Waals surface area contributed by atoms with Crippen molar-refractivity contribution < 1.29 is 9.18 Å². The van der Waals surface area contributed by atoms with Crippen LogP contribution in [-0.2, 0) is 0 Å². The summed E-state index contributed by atoms with van der Waals surface area (Å²) in [6.07, 6.45) is 0. The van der Waals surface area contributed by atoms with Crippen LogP contribution in [0.25, 0.3) is 27.5 Å². The van der Waals surface area contributed by atoms with Gasteiger partial charge in [0.2, 0.25) is 0 Å². The smallest absolute Gasteiger partial charge is 0.193 e. The molecule has 1 aliphatic rings. The largest absolute Gasteiger partial charge is 0.309 e. The molecule has 5 heteroatoms. The lowest BCUT2D eigenvalue weighted by molar-refractivity contribution is 0.103. The lowest BCUT2D eigenvalue weighted by Crippen LogP contribution is -2.14. The van der Waals surface area contributed by atoms with Crippen LogP contribution >= 0.6 is 11.8 Å². The van der Waals surface area contributed by atoms with E-state index in [4.69, 9.17) is 0 Å². The number of benzene rings is 6. The Bertz CT molecular complexity index is 2100. The summed E-state index contributed by atoms with van der Waals surface area (Å²) in [5.74, 6) is -0.303. The first-order valence-electron chi connectivity index (χ1n) is 13.8. The van der Waals surface area contributed by atoms with Crippen LogP contribution in [0, 0.1) is 5.82 Å². The maximum atomic E-state index is 13.8. The average molecular weight is 563 g/mol. The van der Waals surface area contributed by atoms with E-state index in [0.717, 1.165) is 44.6 Å². The highest BCUT2D eigenvalue weighted by Gasteiger charge is 2.24. The molecule has 0 radical (unpaired) electrons. The molecule has 0 N–H and O–H groups in total. The second-order valence-corrected chi connectivity index (χ2v) is 11.4. The number of anilines is 3. The fourth-order valence-electron chi connectivity index (χ4n) is 5.89. The van der Waals surface area contributed by atoms with Gasteiger partial charge in [0.05, 0.1) is 22.4 Å². The van der Waals surface area contributed by atoms with E-state index in [1.807, 2.05) is 60.7 Å². The van der Waals surface area contributed by atoms with Crippen LogP contribution in [0.3, 0.4) is 0 Å². The monoisotopic (exact) mass is 562 g/mol. The van der Waals surface area contributed by atoms with Crippen LogP contribution < -0.4 is 4.90 Å². The van der Waals surface area contributed by atoms with Gasteiger partial charge in [-0.25, -0.2) is 4.39 Å². The van der Waals surface area contributed by atoms with Gasteiger partial charge in [-0.3, -0.25) is 4.79 Å². The Morgan fingerprint density at radius 2 is 1.12 bits per heavy atom. The zero-order valence-corrected chi connectivity index (χ0v) is 23.2. The van der Waals surface area contributed by atoms with Crippen molar-refractivity contribution in [1.82, 2.24) is 4.57 Å². The lowest BCUT2D eigenvalue weighted by Gasteiger charge is -2.32. The predicted octanol–water partition coefficient (Wildman–Crippen LogP) is 10.1. The highest BCUT2D eigenvalue weighted by atomic mass is 32.2. The van der Waals surface area contributed by atoms with Gasteiger partial charge >= 0.3 is 0 Å². The van der Waals surface area contributed by atoms with Crippen LogP contribution in [0.4, 0.5) is 21.5 Å². The third-order valence-corrected chi connectivity index (χ3v) is 8.97. The second kappa shape index (κ2) is 9.75. The highest BCUT2D eigenvalue weighted by molar-refractivity contribution is 7.99. The Kier molecular flexibility index (Phi) is 5.72. The molecule has 200 valence electrons. The number of rotatable bonds is 4. The first-order valence-corrected chi connectivity index (χ1v) is 14.6. The summed E-state index contributed by atoms with van der Waals surface area (Å²) in [5, 5.41) is 2.03. The van der Waals surface area contributed by atoms with E-state index < -0.39 is 0 Å². The Morgan fingerprint density at radius 3 is 1.83 bits per heavy atom. The predicted molar refractivity (Wildman–Crippen MR) is 169 cm³/mol. The molecular weight excluding hydrogens is 539 g/mol. The number of fused-ring (bicyclic) bond motifs is 5. The van der Waals surface area contributed by atoms with E-state index in [1.54, 1.807) is 23.9 Å². The van der Waals surface area contributed by atoms with E-state index in [-0.39, 0.29) is 11.6 Å². The zero-order chi connectivity index (χ0) is 28.2. The van der Waals surface area contributed by atoms with E-state index in [9.17, 15) is 9.18 Å². The molecule has 3 nitrogen and oxygen atoms in total. The topological polar surface area (TPSA) is 25.2 Å². The van der Waals surface area contributed by atoms with Crippen molar-refractivity contribution >= 4 is 56.4 Å². The van der Waals surface area contributed by atoms with Gasteiger partial charge in [0.25, 0.3) is 0 Å². The molecule has 0 unspecified atom stereocenters. The number of ketones is 1. The SMILES string of the molecule is O=C(c1ccc(N2c3ccccc3Sc3ccccc32)cc1)c1ccc2c(c1)c1ccccc1n2-c1ccc(F)cc1. The van der Waals surface area contributed by atoms with Gasteiger partial charge in [-0.2, -0.15) is 0 Å². The zero-order valence-electron chi connectivity index (χ0n) is 22.4. The van der Waals surface area contributed by atoms with Gasteiger partial charge in [-0.1, -0.05) is 54.2 Å². The summed E-state index contributed by atoms with van der Waals surface area (Å²) < 4.78 is 15.8. The van der Waals surface area contributed by atoms with Crippen molar-refractivity contribution in [3.63, 3.8) is 0 Å². The molecule has 1 aliphatic heterocycles. The van der Waals surface area contributed by atoms with Crippen molar-refractivity contribution in [2.24, 2.45) is 0 Å². The van der Waals surface area contributed by atoms with E-state index in [0.29, 0.717) is 11.1 Å². The van der Waals surface area contributed by atoms with Crippen molar-refractivity contribution in [3.8, 4) is 5.69 Å². The Labute approximate surface area is 246 Å². The van der Waals surface area contributed by atoms with Gasteiger partial charge in [0.15, 0.2) is 5.78 Å². The molecule has 0 saturated heterocycles. The lowest BCUT2D eigenvalue weighted by atomic mass is 10.0. The average Bonchev–Trinajstić information content (AvgIpc) is 3.37. The molecule has 42 heavy (non-hydrogen) atoms. The minimum Gasteiger partial charge on any atom is -0.309 e. The van der Waals surface area contributed by atoms with Gasteiger partial charge in [-0.05, 0) is 97.1 Å². The van der Waals surface area contributed by atoms with E-state index >= 15 is 0 Å². The number of carbonyl (C=O) groups is 1. The molecule has 0 fully saturated rings. The summed E-state index contributed by atoms with van der Waals surface area (Å²) in [4.78, 5) is 18.4. The number of halogens is 1. The fraction of sp³-hybridized carbons (Fsp3) is 0. The number of carbonyl (C=O) groups excluding carboxylic acids is 1. The van der Waals surface area contributed by atoms with Gasteiger partial charge in [-0.15, -0.1) is 0 Å². The van der Waals surface area contributed by atoms with Crippen molar-refractivity contribution in [3.05, 3.63) is 156 Å². The Balaban J connectivity index is 1.18. The third kappa shape index (κ3) is 3.93. The molecule has 0 atom stereocenters. The minimum absolute atomic E-state index is 0.0305. The molecule has 1 aromatic heterocycles. The molecule has 0 amide bonds. The third-order valence-electron chi connectivity index (χ3n) is 7.84. The first-order chi connectivity index (χ1) is 20.7. The maximum Gasteiger partial charge on any atom is 0.193 e. The molecule has 0 aliphatic carbocycles. The minimum atomic E-state index is -0.272. The quantitative estimate of drug-likeness (QED) is 0.200. The molecule has 2 heterocycles. The number of hydrogen-bond acceptors (Lipinski definition) is 3. The van der Waals surface area contributed by atoms with Crippen molar-refractivity contribution in [2.45, 2.75) is 9.79 Å². The Hall–Kier alpha value is -5.13. The van der Waals surface area contributed by atoms with Crippen LogP contribution in [0.15, 0.2) is 149 Å². The van der Waals surface area contributed by atoms with Gasteiger partial charge < -0.3 is 9.47 Å². The van der Waals surface area contributed by atoms with Crippen LogP contribution in [0.1, 0.15) is 15.9 Å². The normalized spacial score (nSPS) is 12.4. The summed E-state index contributed by atoms with van der Waals surface area (Å²) in [5.41, 5.74) is 7.37. The van der Waals surface area contributed by atoms with Crippen molar-refractivity contribution in [2.75, 3.05) is 4.90 Å². The number of para-hydroxylation sites is 3. The van der Waals surface area contributed by atoms with Gasteiger partial charge in [0.1, 0.15) is 5.82 Å².